The van der Waals surface area contributed by atoms with E-state index in [0.717, 1.165) is 23.2 Å². The third-order valence-electron chi connectivity index (χ3n) is 4.42. The quantitative estimate of drug-likeness (QED) is 0.844. The second kappa shape index (κ2) is 7.37. The van der Waals surface area contributed by atoms with E-state index in [9.17, 15) is 13.2 Å². The highest BCUT2D eigenvalue weighted by molar-refractivity contribution is 7.92. The van der Waals surface area contributed by atoms with E-state index in [0.29, 0.717) is 25.2 Å². The molecule has 2 aromatic rings. The summed E-state index contributed by atoms with van der Waals surface area (Å²) in [5.74, 6) is 0. The van der Waals surface area contributed by atoms with Gasteiger partial charge in [0.05, 0.1) is 10.6 Å². The summed E-state index contributed by atoms with van der Waals surface area (Å²) in [6.45, 7) is 5.03. The highest BCUT2D eigenvalue weighted by Gasteiger charge is 2.26. The van der Waals surface area contributed by atoms with Crippen LogP contribution in [0.3, 0.4) is 0 Å². The number of carbonyl (C=O) groups excluding carboxylic acids is 1. The van der Waals surface area contributed by atoms with Gasteiger partial charge in [-0.3, -0.25) is 9.62 Å². The first-order chi connectivity index (χ1) is 12.4. The molecule has 0 aliphatic carbocycles. The Labute approximate surface area is 154 Å². The zero-order valence-electron chi connectivity index (χ0n) is 15.0. The van der Waals surface area contributed by atoms with Crippen molar-refractivity contribution < 1.29 is 13.2 Å². The summed E-state index contributed by atoms with van der Waals surface area (Å²) in [7, 11) is -3.68. The molecular formula is C19H23N3O3S. The van der Waals surface area contributed by atoms with Crippen molar-refractivity contribution in [1.29, 1.82) is 0 Å². The molecule has 0 bridgehead atoms. The summed E-state index contributed by atoms with van der Waals surface area (Å²) in [6.07, 6.45) is 1.51. The first kappa shape index (κ1) is 18.3. The van der Waals surface area contributed by atoms with Crippen LogP contribution in [0.5, 0.6) is 0 Å². The van der Waals surface area contributed by atoms with Crippen LogP contribution in [-0.2, 0) is 16.4 Å². The lowest BCUT2D eigenvalue weighted by molar-refractivity contribution is 0.247. The number of carbonyl (C=O) groups is 1. The van der Waals surface area contributed by atoms with Crippen LogP contribution in [0.25, 0.3) is 0 Å². The van der Waals surface area contributed by atoms with Crippen molar-refractivity contribution >= 4 is 27.4 Å². The average molecular weight is 373 g/mol. The number of fused-ring (bicyclic) bond motifs is 1. The lowest BCUT2D eigenvalue weighted by Crippen LogP contribution is -2.39. The van der Waals surface area contributed by atoms with E-state index in [1.807, 2.05) is 26.0 Å². The van der Waals surface area contributed by atoms with Gasteiger partial charge in [-0.1, -0.05) is 25.1 Å². The molecule has 7 heteroatoms. The lowest BCUT2D eigenvalue weighted by atomic mass is 10.2. The standard InChI is InChI=1S/C19H23N3O3S/c1-3-11-20-19(23)22-12-10-15-13-16(8-9-18(15)22)26(24,25)21-17-7-5-4-6-14(17)2/h4-9,13,21H,3,10-12H2,1-2H3,(H,20,23). The largest absolute Gasteiger partial charge is 0.338 e. The maximum absolute atomic E-state index is 12.7. The minimum absolute atomic E-state index is 0.140. The molecule has 1 aliphatic heterocycles. The van der Waals surface area contributed by atoms with E-state index < -0.39 is 10.0 Å². The number of sulfonamides is 1. The van der Waals surface area contributed by atoms with Gasteiger partial charge in [-0.25, -0.2) is 13.2 Å². The second-order valence-electron chi connectivity index (χ2n) is 6.34. The van der Waals surface area contributed by atoms with Crippen LogP contribution in [0.4, 0.5) is 16.2 Å². The van der Waals surface area contributed by atoms with Crippen molar-refractivity contribution in [1.82, 2.24) is 5.32 Å². The smallest absolute Gasteiger partial charge is 0.321 e. The number of hydrogen-bond donors (Lipinski definition) is 2. The summed E-state index contributed by atoms with van der Waals surface area (Å²) in [6, 6.07) is 12.0. The molecule has 0 saturated carbocycles. The van der Waals surface area contributed by atoms with Gasteiger partial charge in [0.25, 0.3) is 10.0 Å². The van der Waals surface area contributed by atoms with Crippen LogP contribution < -0.4 is 14.9 Å². The summed E-state index contributed by atoms with van der Waals surface area (Å²) < 4.78 is 28.0. The number of para-hydroxylation sites is 1. The Hall–Kier alpha value is -2.54. The van der Waals surface area contributed by atoms with E-state index in [1.54, 1.807) is 35.2 Å². The fourth-order valence-corrected chi connectivity index (χ4v) is 4.16. The molecule has 26 heavy (non-hydrogen) atoms. The topological polar surface area (TPSA) is 78.5 Å². The third-order valence-corrected chi connectivity index (χ3v) is 5.78. The van der Waals surface area contributed by atoms with Gasteiger partial charge in [0.1, 0.15) is 0 Å². The summed E-state index contributed by atoms with van der Waals surface area (Å²) in [5.41, 5.74) is 3.06. The number of urea groups is 1. The Morgan fingerprint density at radius 1 is 1.19 bits per heavy atom. The number of aryl methyl sites for hydroxylation is 1. The fourth-order valence-electron chi connectivity index (χ4n) is 2.97. The van der Waals surface area contributed by atoms with Crippen molar-refractivity contribution in [2.45, 2.75) is 31.6 Å². The van der Waals surface area contributed by atoms with E-state index >= 15 is 0 Å². The molecule has 0 saturated heterocycles. The number of nitrogens with zero attached hydrogens (tertiary/aromatic N) is 1. The number of benzene rings is 2. The normalized spacial score (nSPS) is 13.4. The Morgan fingerprint density at radius 2 is 1.96 bits per heavy atom. The molecule has 0 atom stereocenters. The Morgan fingerprint density at radius 3 is 2.69 bits per heavy atom. The number of anilines is 2. The first-order valence-corrected chi connectivity index (χ1v) is 10.2. The SMILES string of the molecule is CCCNC(=O)N1CCc2cc(S(=O)(=O)Nc3ccccc3C)ccc21. The molecule has 1 heterocycles. The van der Waals surface area contributed by atoms with Crippen LogP contribution in [0, 0.1) is 6.92 Å². The minimum atomic E-state index is -3.68. The van der Waals surface area contributed by atoms with Crippen LogP contribution in [-0.4, -0.2) is 27.5 Å². The van der Waals surface area contributed by atoms with Crippen molar-refractivity contribution in [2.75, 3.05) is 22.7 Å². The van der Waals surface area contributed by atoms with E-state index in [1.165, 1.54) is 0 Å². The Balaban J connectivity index is 1.83. The van der Waals surface area contributed by atoms with Gasteiger partial charge in [0.15, 0.2) is 0 Å². The Bertz CT molecular complexity index is 925. The molecule has 6 nitrogen and oxygen atoms in total. The number of hydrogen-bond acceptors (Lipinski definition) is 3. The van der Waals surface area contributed by atoms with Gasteiger partial charge >= 0.3 is 6.03 Å². The monoisotopic (exact) mass is 373 g/mol. The van der Waals surface area contributed by atoms with Crippen molar-refractivity contribution in [2.24, 2.45) is 0 Å². The van der Waals surface area contributed by atoms with Crippen LogP contribution >= 0.6 is 0 Å². The zero-order valence-corrected chi connectivity index (χ0v) is 15.8. The molecule has 1 aliphatic rings. The van der Waals surface area contributed by atoms with Gasteiger partial charge in [-0.05, 0) is 55.2 Å². The van der Waals surface area contributed by atoms with Crippen LogP contribution in [0.1, 0.15) is 24.5 Å². The van der Waals surface area contributed by atoms with Crippen LogP contribution in [0.2, 0.25) is 0 Å². The zero-order chi connectivity index (χ0) is 18.7. The highest BCUT2D eigenvalue weighted by Crippen LogP contribution is 2.31. The molecule has 2 aromatic carbocycles. The van der Waals surface area contributed by atoms with Gasteiger partial charge in [-0.15, -0.1) is 0 Å². The van der Waals surface area contributed by atoms with Gasteiger partial charge < -0.3 is 5.32 Å². The van der Waals surface area contributed by atoms with Gasteiger partial charge in [0.2, 0.25) is 0 Å². The summed E-state index contributed by atoms with van der Waals surface area (Å²) in [4.78, 5) is 14.1. The summed E-state index contributed by atoms with van der Waals surface area (Å²) >= 11 is 0. The van der Waals surface area contributed by atoms with Crippen molar-refractivity contribution in [3.63, 3.8) is 0 Å². The van der Waals surface area contributed by atoms with Gasteiger partial charge in [-0.2, -0.15) is 0 Å². The van der Waals surface area contributed by atoms with Gasteiger partial charge in [0, 0.05) is 18.8 Å². The first-order valence-electron chi connectivity index (χ1n) is 8.69. The average Bonchev–Trinajstić information content (AvgIpc) is 3.05. The lowest BCUT2D eigenvalue weighted by Gasteiger charge is -2.18. The predicted molar refractivity (Wildman–Crippen MR) is 103 cm³/mol. The Kier molecular flexibility index (Phi) is 5.18. The maximum atomic E-state index is 12.7. The molecule has 138 valence electrons. The minimum Gasteiger partial charge on any atom is -0.338 e. The summed E-state index contributed by atoms with van der Waals surface area (Å²) in [5, 5.41) is 2.86. The molecular weight excluding hydrogens is 350 g/mol. The molecule has 0 fully saturated rings. The fraction of sp³-hybridized carbons (Fsp3) is 0.316. The highest BCUT2D eigenvalue weighted by atomic mass is 32.2. The van der Waals surface area contributed by atoms with E-state index in [-0.39, 0.29) is 10.9 Å². The molecule has 2 N–H and O–H groups in total. The molecule has 3 rings (SSSR count). The molecule has 0 radical (unpaired) electrons. The van der Waals surface area contributed by atoms with Crippen molar-refractivity contribution in [3.05, 3.63) is 53.6 Å². The number of rotatable bonds is 5. The maximum Gasteiger partial charge on any atom is 0.321 e. The second-order valence-corrected chi connectivity index (χ2v) is 8.03. The van der Waals surface area contributed by atoms with E-state index in [2.05, 4.69) is 10.0 Å². The van der Waals surface area contributed by atoms with Crippen LogP contribution in [0.15, 0.2) is 47.4 Å². The van der Waals surface area contributed by atoms with E-state index in [4.69, 9.17) is 0 Å². The molecule has 0 spiro atoms. The van der Waals surface area contributed by atoms with Crippen molar-refractivity contribution in [3.8, 4) is 0 Å². The number of nitrogens with one attached hydrogen (secondary N) is 2. The molecule has 2 amide bonds. The third kappa shape index (κ3) is 3.67. The molecule has 0 aromatic heterocycles. The number of amides is 2. The predicted octanol–water partition coefficient (Wildman–Crippen LogP) is 3.28. The molecule has 0 unspecified atom stereocenters.